The Labute approximate surface area is 134 Å². The van der Waals surface area contributed by atoms with Crippen molar-refractivity contribution in [3.8, 4) is 0 Å². The second-order valence-corrected chi connectivity index (χ2v) is 6.07. The standard InChI is InChI=1S/C14H24N2O5S/c1-2-3-4-11(14(19)20)15-12(17)9-22-10-13(18)16-5-7-21-8-6-16/h11H,2-10H2,1H3,(H,15,17)(H,19,20). The van der Waals surface area contributed by atoms with Gasteiger partial charge in [-0.15, -0.1) is 11.8 Å². The number of nitrogens with zero attached hydrogens (tertiary/aromatic N) is 1. The first-order valence-corrected chi connectivity index (χ1v) is 8.65. The Bertz CT molecular complexity index is 385. The Balaban J connectivity index is 2.23. The van der Waals surface area contributed by atoms with Gasteiger partial charge in [-0.3, -0.25) is 9.59 Å². The molecule has 0 aliphatic carbocycles. The SMILES string of the molecule is CCCCC(NC(=O)CSCC(=O)N1CCOCC1)C(=O)O. The number of nitrogens with one attached hydrogen (secondary N) is 1. The summed E-state index contributed by atoms with van der Waals surface area (Å²) in [7, 11) is 0. The average Bonchev–Trinajstić information content (AvgIpc) is 2.51. The van der Waals surface area contributed by atoms with E-state index in [2.05, 4.69) is 5.32 Å². The number of ether oxygens (including phenoxy) is 1. The molecule has 22 heavy (non-hydrogen) atoms. The fourth-order valence-electron chi connectivity index (χ4n) is 2.04. The maximum Gasteiger partial charge on any atom is 0.326 e. The van der Waals surface area contributed by atoms with Crippen molar-refractivity contribution in [2.75, 3.05) is 37.8 Å². The van der Waals surface area contributed by atoms with Crippen LogP contribution in [0.3, 0.4) is 0 Å². The number of unbranched alkanes of at least 4 members (excludes halogenated alkanes) is 1. The van der Waals surface area contributed by atoms with Crippen LogP contribution in [0.1, 0.15) is 26.2 Å². The van der Waals surface area contributed by atoms with Crippen molar-refractivity contribution in [2.24, 2.45) is 0 Å². The van der Waals surface area contributed by atoms with Gasteiger partial charge < -0.3 is 20.1 Å². The molecule has 2 amide bonds. The first-order chi connectivity index (χ1) is 10.5. The summed E-state index contributed by atoms with van der Waals surface area (Å²) in [5, 5.41) is 11.5. The number of carboxylic acids is 1. The monoisotopic (exact) mass is 332 g/mol. The van der Waals surface area contributed by atoms with Crippen LogP contribution < -0.4 is 5.32 Å². The molecule has 0 saturated carbocycles. The molecule has 8 heteroatoms. The van der Waals surface area contributed by atoms with Crippen molar-refractivity contribution in [1.29, 1.82) is 0 Å². The minimum Gasteiger partial charge on any atom is -0.480 e. The Kier molecular flexibility index (Phi) is 8.91. The van der Waals surface area contributed by atoms with Crippen LogP contribution in [0.25, 0.3) is 0 Å². The summed E-state index contributed by atoms with van der Waals surface area (Å²) >= 11 is 1.20. The highest BCUT2D eigenvalue weighted by molar-refractivity contribution is 8.00. The summed E-state index contributed by atoms with van der Waals surface area (Å²) in [6.07, 6.45) is 2.05. The fourth-order valence-corrected chi connectivity index (χ4v) is 2.76. The molecule has 0 aromatic carbocycles. The molecule has 1 rings (SSSR count). The van der Waals surface area contributed by atoms with Gasteiger partial charge in [0.2, 0.25) is 11.8 Å². The summed E-state index contributed by atoms with van der Waals surface area (Å²) in [5.74, 6) is -1.06. The number of amides is 2. The third kappa shape index (κ3) is 7.13. The van der Waals surface area contributed by atoms with E-state index in [1.54, 1.807) is 4.90 Å². The summed E-state index contributed by atoms with van der Waals surface area (Å²) in [5.41, 5.74) is 0. The molecule has 7 nitrogen and oxygen atoms in total. The van der Waals surface area contributed by atoms with Gasteiger partial charge in [0.25, 0.3) is 0 Å². The zero-order chi connectivity index (χ0) is 16.4. The summed E-state index contributed by atoms with van der Waals surface area (Å²) in [6.45, 7) is 4.24. The minimum atomic E-state index is -1.02. The van der Waals surface area contributed by atoms with Gasteiger partial charge >= 0.3 is 5.97 Å². The molecule has 0 radical (unpaired) electrons. The quantitative estimate of drug-likeness (QED) is 0.632. The van der Waals surface area contributed by atoms with Gasteiger partial charge in [0, 0.05) is 13.1 Å². The number of aliphatic carboxylic acids is 1. The molecule has 1 unspecified atom stereocenters. The van der Waals surface area contributed by atoms with E-state index in [0.717, 1.165) is 12.8 Å². The third-order valence-electron chi connectivity index (χ3n) is 3.30. The zero-order valence-electron chi connectivity index (χ0n) is 12.9. The molecule has 1 fully saturated rings. The molecule has 1 aliphatic heterocycles. The second-order valence-electron chi connectivity index (χ2n) is 5.09. The van der Waals surface area contributed by atoms with Crippen molar-refractivity contribution < 1.29 is 24.2 Å². The highest BCUT2D eigenvalue weighted by atomic mass is 32.2. The van der Waals surface area contributed by atoms with Crippen LogP contribution in [0.2, 0.25) is 0 Å². The van der Waals surface area contributed by atoms with Crippen molar-refractivity contribution in [1.82, 2.24) is 10.2 Å². The maximum atomic E-state index is 11.9. The van der Waals surface area contributed by atoms with Crippen LogP contribution >= 0.6 is 11.8 Å². The van der Waals surface area contributed by atoms with Crippen molar-refractivity contribution >= 4 is 29.5 Å². The molecule has 1 atom stereocenters. The van der Waals surface area contributed by atoms with Crippen LogP contribution in [0, 0.1) is 0 Å². The predicted octanol–water partition coefficient (Wildman–Crippen LogP) is 0.338. The lowest BCUT2D eigenvalue weighted by atomic mass is 10.1. The Morgan fingerprint density at radius 1 is 1.27 bits per heavy atom. The number of rotatable bonds is 9. The average molecular weight is 332 g/mol. The number of morpholine rings is 1. The normalized spacial score (nSPS) is 16.1. The summed E-state index contributed by atoms with van der Waals surface area (Å²) in [4.78, 5) is 36.4. The van der Waals surface area contributed by atoms with Crippen LogP contribution in [0.5, 0.6) is 0 Å². The predicted molar refractivity (Wildman–Crippen MR) is 83.8 cm³/mol. The second kappa shape index (κ2) is 10.4. The number of hydrogen-bond donors (Lipinski definition) is 2. The van der Waals surface area contributed by atoms with Crippen LogP contribution in [-0.2, 0) is 19.1 Å². The van der Waals surface area contributed by atoms with E-state index in [4.69, 9.17) is 9.84 Å². The topological polar surface area (TPSA) is 95.9 Å². The molecule has 0 aromatic heterocycles. The molecule has 0 bridgehead atoms. The van der Waals surface area contributed by atoms with Gasteiger partial charge in [-0.1, -0.05) is 19.8 Å². The third-order valence-corrected chi connectivity index (χ3v) is 4.22. The number of carboxylic acid groups (broad SMARTS) is 1. The molecule has 2 N–H and O–H groups in total. The van der Waals surface area contributed by atoms with E-state index < -0.39 is 12.0 Å². The van der Waals surface area contributed by atoms with Crippen LogP contribution in [0.4, 0.5) is 0 Å². The van der Waals surface area contributed by atoms with E-state index in [1.165, 1.54) is 11.8 Å². The molecule has 1 aliphatic rings. The van der Waals surface area contributed by atoms with Gasteiger partial charge in [-0.05, 0) is 6.42 Å². The highest BCUT2D eigenvalue weighted by Crippen LogP contribution is 2.06. The van der Waals surface area contributed by atoms with E-state index in [0.29, 0.717) is 32.7 Å². The van der Waals surface area contributed by atoms with Gasteiger partial charge in [0.15, 0.2) is 0 Å². The first-order valence-electron chi connectivity index (χ1n) is 7.50. The first kappa shape index (κ1) is 18.8. The van der Waals surface area contributed by atoms with Gasteiger partial charge in [-0.25, -0.2) is 4.79 Å². The van der Waals surface area contributed by atoms with E-state index in [9.17, 15) is 14.4 Å². The van der Waals surface area contributed by atoms with E-state index in [-0.39, 0.29) is 23.3 Å². The minimum absolute atomic E-state index is 0.0122. The lowest BCUT2D eigenvalue weighted by Crippen LogP contribution is -2.43. The summed E-state index contributed by atoms with van der Waals surface area (Å²) in [6, 6.07) is -0.844. The van der Waals surface area contributed by atoms with Crippen LogP contribution in [-0.4, -0.2) is 71.6 Å². The largest absolute Gasteiger partial charge is 0.480 e. The Morgan fingerprint density at radius 2 is 1.95 bits per heavy atom. The van der Waals surface area contributed by atoms with Crippen molar-refractivity contribution in [3.05, 3.63) is 0 Å². The maximum absolute atomic E-state index is 11.9. The zero-order valence-corrected chi connectivity index (χ0v) is 13.7. The number of carbonyl (C=O) groups is 3. The Hall–Kier alpha value is -1.28. The van der Waals surface area contributed by atoms with Crippen molar-refractivity contribution in [3.63, 3.8) is 0 Å². The van der Waals surface area contributed by atoms with Crippen molar-refractivity contribution in [2.45, 2.75) is 32.2 Å². The Morgan fingerprint density at radius 3 is 2.55 bits per heavy atom. The molecule has 0 aromatic rings. The van der Waals surface area contributed by atoms with E-state index in [1.807, 2.05) is 6.92 Å². The van der Waals surface area contributed by atoms with E-state index >= 15 is 0 Å². The van der Waals surface area contributed by atoms with Crippen LogP contribution in [0.15, 0.2) is 0 Å². The number of carbonyl (C=O) groups excluding carboxylic acids is 2. The molecule has 0 spiro atoms. The lowest BCUT2D eigenvalue weighted by molar-refractivity contribution is -0.141. The highest BCUT2D eigenvalue weighted by Gasteiger charge is 2.20. The van der Waals surface area contributed by atoms with Gasteiger partial charge in [0.1, 0.15) is 6.04 Å². The lowest BCUT2D eigenvalue weighted by Gasteiger charge is -2.26. The fraction of sp³-hybridized carbons (Fsp3) is 0.786. The number of hydrogen-bond acceptors (Lipinski definition) is 5. The molecule has 1 saturated heterocycles. The molecule has 1 heterocycles. The summed E-state index contributed by atoms with van der Waals surface area (Å²) < 4.78 is 5.17. The van der Waals surface area contributed by atoms with Gasteiger partial charge in [-0.2, -0.15) is 0 Å². The molecular weight excluding hydrogens is 308 g/mol. The number of thioether (sulfide) groups is 1. The molecule has 126 valence electrons. The smallest absolute Gasteiger partial charge is 0.326 e. The molecular formula is C14H24N2O5S. The van der Waals surface area contributed by atoms with Gasteiger partial charge in [0.05, 0.1) is 24.7 Å².